The van der Waals surface area contributed by atoms with Crippen LogP contribution in [-0.4, -0.2) is 110 Å². The Morgan fingerprint density at radius 1 is 0.750 bits per heavy atom. The van der Waals surface area contributed by atoms with E-state index in [0.717, 1.165) is 38.7 Å². The van der Waals surface area contributed by atoms with Crippen molar-refractivity contribution in [1.82, 2.24) is 5.32 Å². The van der Waals surface area contributed by atoms with Gasteiger partial charge in [-0.05, 0) is 32.1 Å². The highest BCUT2D eigenvalue weighted by Crippen LogP contribution is 2.21. The predicted molar refractivity (Wildman–Crippen MR) is 134 cm³/mol. The lowest BCUT2D eigenvalue weighted by atomic mass is 9.93. The van der Waals surface area contributed by atoms with Crippen molar-refractivity contribution in [2.75, 3.05) is 85.9 Å². The Morgan fingerprint density at radius 2 is 1.33 bits per heavy atom. The third-order valence-electron chi connectivity index (χ3n) is 6.12. The van der Waals surface area contributed by atoms with Gasteiger partial charge in [-0.25, -0.2) is 4.79 Å². The minimum atomic E-state index is -0.418. The molecule has 0 spiro atoms. The topological polar surface area (TPSA) is 103 Å². The summed E-state index contributed by atoms with van der Waals surface area (Å²) >= 11 is 0. The molecular weight excluding hydrogens is 470 g/mol. The van der Waals surface area contributed by atoms with Gasteiger partial charge in [0.25, 0.3) is 0 Å². The SMILES string of the molecule is CCCCCCOC1CCC(NC(=O)OCC2COCCOCCOCCOCCOCCO2)CC1. The summed E-state index contributed by atoms with van der Waals surface area (Å²) in [5.74, 6) is 0. The number of hydrogen-bond acceptors (Lipinski definition) is 9. The number of rotatable bonds is 9. The Bertz CT molecular complexity index is 500. The van der Waals surface area contributed by atoms with E-state index in [9.17, 15) is 4.79 Å². The van der Waals surface area contributed by atoms with Crippen LogP contribution in [0.4, 0.5) is 4.79 Å². The van der Waals surface area contributed by atoms with E-state index in [0.29, 0.717) is 78.8 Å². The van der Waals surface area contributed by atoms with Crippen LogP contribution in [0, 0.1) is 0 Å². The molecule has 1 saturated heterocycles. The number of carbonyl (C=O) groups excluding carboxylic acids is 1. The number of carbonyl (C=O) groups is 1. The van der Waals surface area contributed by atoms with E-state index in [1.54, 1.807) is 0 Å². The van der Waals surface area contributed by atoms with Crippen molar-refractivity contribution in [3.63, 3.8) is 0 Å². The molecule has 0 aromatic carbocycles. The molecule has 1 aliphatic carbocycles. The van der Waals surface area contributed by atoms with Gasteiger partial charge in [0.2, 0.25) is 0 Å². The number of hydrogen-bond donors (Lipinski definition) is 1. The van der Waals surface area contributed by atoms with Crippen LogP contribution in [0.5, 0.6) is 0 Å². The number of ether oxygens (including phenoxy) is 8. The van der Waals surface area contributed by atoms with E-state index in [2.05, 4.69) is 12.2 Å². The van der Waals surface area contributed by atoms with Crippen LogP contribution in [-0.2, 0) is 37.9 Å². The van der Waals surface area contributed by atoms with Crippen LogP contribution in [0.15, 0.2) is 0 Å². The van der Waals surface area contributed by atoms with Crippen LogP contribution in [0.25, 0.3) is 0 Å². The zero-order valence-corrected chi connectivity index (χ0v) is 22.3. The lowest BCUT2D eigenvalue weighted by Crippen LogP contribution is -2.40. The summed E-state index contributed by atoms with van der Waals surface area (Å²) in [7, 11) is 0. The molecule has 1 atom stereocenters. The Kier molecular flexibility index (Phi) is 19.1. The van der Waals surface area contributed by atoms with Crippen molar-refractivity contribution in [3.8, 4) is 0 Å². The summed E-state index contributed by atoms with van der Waals surface area (Å²) in [5.41, 5.74) is 0. The fourth-order valence-corrected chi connectivity index (χ4v) is 4.04. The molecule has 10 nitrogen and oxygen atoms in total. The predicted octanol–water partition coefficient (Wildman–Crippen LogP) is 3.10. The van der Waals surface area contributed by atoms with Gasteiger partial charge in [-0.3, -0.25) is 0 Å². The summed E-state index contributed by atoms with van der Waals surface area (Å²) in [6, 6.07) is 0.122. The maximum absolute atomic E-state index is 12.4. The minimum Gasteiger partial charge on any atom is -0.447 e. The van der Waals surface area contributed by atoms with Crippen molar-refractivity contribution in [2.24, 2.45) is 0 Å². The van der Waals surface area contributed by atoms with Gasteiger partial charge in [-0.15, -0.1) is 0 Å². The molecule has 1 heterocycles. The van der Waals surface area contributed by atoms with Gasteiger partial charge in [0, 0.05) is 12.6 Å². The largest absolute Gasteiger partial charge is 0.447 e. The molecule has 1 N–H and O–H groups in total. The quantitative estimate of drug-likeness (QED) is 0.460. The van der Waals surface area contributed by atoms with Gasteiger partial charge in [0.1, 0.15) is 12.7 Å². The molecule has 0 bridgehead atoms. The van der Waals surface area contributed by atoms with Gasteiger partial charge < -0.3 is 43.2 Å². The Labute approximate surface area is 216 Å². The molecule has 2 rings (SSSR count). The molecule has 36 heavy (non-hydrogen) atoms. The van der Waals surface area contributed by atoms with E-state index < -0.39 is 6.09 Å². The Hall–Kier alpha value is -1.01. The molecule has 2 fully saturated rings. The van der Waals surface area contributed by atoms with Crippen molar-refractivity contribution in [3.05, 3.63) is 0 Å². The van der Waals surface area contributed by atoms with Gasteiger partial charge in [0.15, 0.2) is 0 Å². The zero-order valence-electron chi connectivity index (χ0n) is 22.3. The zero-order chi connectivity index (χ0) is 25.5. The highest BCUT2D eigenvalue weighted by atomic mass is 16.6. The molecule has 0 aromatic rings. The van der Waals surface area contributed by atoms with Crippen molar-refractivity contribution in [1.29, 1.82) is 0 Å². The van der Waals surface area contributed by atoms with E-state index in [1.807, 2.05) is 0 Å². The summed E-state index contributed by atoms with van der Waals surface area (Å²) in [4.78, 5) is 12.4. The molecule has 1 aliphatic heterocycles. The Morgan fingerprint density at radius 3 is 1.94 bits per heavy atom. The second kappa shape index (κ2) is 22.0. The normalized spacial score (nSPS) is 26.4. The highest BCUT2D eigenvalue weighted by molar-refractivity contribution is 5.67. The van der Waals surface area contributed by atoms with Gasteiger partial charge in [-0.2, -0.15) is 0 Å². The number of unbranched alkanes of at least 4 members (excludes halogenated alkanes) is 3. The van der Waals surface area contributed by atoms with Crippen LogP contribution < -0.4 is 5.32 Å². The number of nitrogens with one attached hydrogen (secondary N) is 1. The first kappa shape index (κ1) is 31.2. The number of amides is 1. The molecule has 0 radical (unpaired) electrons. The second-order valence-electron chi connectivity index (χ2n) is 9.17. The van der Waals surface area contributed by atoms with E-state index in [4.69, 9.17) is 37.9 Å². The number of alkyl carbamates (subject to hydrolysis) is 1. The first-order valence-electron chi connectivity index (χ1n) is 13.8. The minimum absolute atomic E-state index is 0.111. The average molecular weight is 520 g/mol. The van der Waals surface area contributed by atoms with Gasteiger partial charge >= 0.3 is 6.09 Å². The van der Waals surface area contributed by atoms with Gasteiger partial charge in [0.05, 0.1) is 78.8 Å². The monoisotopic (exact) mass is 519 g/mol. The molecular formula is C26H49NO9. The van der Waals surface area contributed by atoms with Crippen LogP contribution in [0.1, 0.15) is 58.3 Å². The fourth-order valence-electron chi connectivity index (χ4n) is 4.04. The maximum Gasteiger partial charge on any atom is 0.407 e. The molecule has 2 aliphatic rings. The molecule has 1 saturated carbocycles. The van der Waals surface area contributed by atoms with E-state index >= 15 is 0 Å². The fraction of sp³-hybridized carbons (Fsp3) is 0.962. The molecule has 212 valence electrons. The van der Waals surface area contributed by atoms with Crippen molar-refractivity contribution in [2.45, 2.75) is 76.5 Å². The standard InChI is InChI=1S/C26H49NO9/c1-2-3-4-5-10-34-24-8-6-23(7-9-24)27-26(28)36-22-25-21-33-18-17-31-14-13-29-11-12-30-15-16-32-19-20-35-25/h23-25H,2-22H2,1H3,(H,27,28). The van der Waals surface area contributed by atoms with E-state index in [-0.39, 0.29) is 18.8 Å². The summed E-state index contributed by atoms with van der Waals surface area (Å²) in [5, 5.41) is 2.99. The van der Waals surface area contributed by atoms with Crippen molar-refractivity contribution >= 4 is 6.09 Å². The smallest absolute Gasteiger partial charge is 0.407 e. The molecule has 1 unspecified atom stereocenters. The summed E-state index contributed by atoms with van der Waals surface area (Å²) in [6.45, 7) is 8.23. The van der Waals surface area contributed by atoms with E-state index in [1.165, 1.54) is 19.3 Å². The van der Waals surface area contributed by atoms with Crippen LogP contribution in [0.3, 0.4) is 0 Å². The molecule has 0 aromatic heterocycles. The molecule has 1 amide bonds. The third-order valence-corrected chi connectivity index (χ3v) is 6.12. The second-order valence-corrected chi connectivity index (χ2v) is 9.17. The van der Waals surface area contributed by atoms with Crippen molar-refractivity contribution < 1.29 is 42.7 Å². The first-order chi connectivity index (χ1) is 17.8. The van der Waals surface area contributed by atoms with Crippen LogP contribution >= 0.6 is 0 Å². The Balaban J connectivity index is 1.60. The average Bonchev–Trinajstić information content (AvgIpc) is 2.89. The summed E-state index contributed by atoms with van der Waals surface area (Å²) in [6.07, 6.45) is 8.14. The lowest BCUT2D eigenvalue weighted by molar-refractivity contribution is -0.0756. The van der Waals surface area contributed by atoms with Crippen LogP contribution in [0.2, 0.25) is 0 Å². The highest BCUT2D eigenvalue weighted by Gasteiger charge is 2.23. The third kappa shape index (κ3) is 16.7. The lowest BCUT2D eigenvalue weighted by Gasteiger charge is -2.29. The molecule has 10 heteroatoms. The van der Waals surface area contributed by atoms with Gasteiger partial charge in [-0.1, -0.05) is 26.2 Å². The first-order valence-corrected chi connectivity index (χ1v) is 13.8. The maximum atomic E-state index is 12.4. The summed E-state index contributed by atoms with van der Waals surface area (Å²) < 4.78 is 44.8.